The molecule has 34 heavy (non-hydrogen) atoms. The van der Waals surface area contributed by atoms with Crippen molar-refractivity contribution in [3.05, 3.63) is 0 Å². The molecule has 0 aliphatic carbocycles. The van der Waals surface area contributed by atoms with Crippen LogP contribution in [-0.4, -0.2) is 75.9 Å². The molecule has 11 N–H and O–H groups in total. The molecule has 15 nitrogen and oxygen atoms in total. The van der Waals surface area contributed by atoms with Crippen LogP contribution in [-0.2, 0) is 33.6 Å². The Morgan fingerprint density at radius 2 is 1.35 bits per heavy atom. The molecule has 0 radical (unpaired) electrons. The van der Waals surface area contributed by atoms with Crippen molar-refractivity contribution in [1.29, 1.82) is 0 Å². The van der Waals surface area contributed by atoms with Crippen molar-refractivity contribution < 1.29 is 43.8 Å². The highest BCUT2D eigenvalue weighted by Crippen LogP contribution is 2.10. The van der Waals surface area contributed by atoms with E-state index in [0.29, 0.717) is 6.42 Å². The third-order valence-corrected chi connectivity index (χ3v) is 4.86. The number of aliphatic carboxylic acids is 2. The second-order valence-corrected chi connectivity index (χ2v) is 7.71. The first-order chi connectivity index (χ1) is 15.7. The first-order valence-corrected chi connectivity index (χ1v) is 10.4. The number of carboxylic acids is 2. The van der Waals surface area contributed by atoms with Crippen LogP contribution >= 0.6 is 0 Å². The van der Waals surface area contributed by atoms with Crippen LogP contribution < -0.4 is 33.2 Å². The fraction of sp³-hybridized carbons (Fsp3) is 0.632. The summed E-state index contributed by atoms with van der Waals surface area (Å²) in [7, 11) is 0. The molecule has 15 heteroatoms. The normalized spacial score (nSPS) is 15.0. The van der Waals surface area contributed by atoms with Crippen molar-refractivity contribution in [2.75, 3.05) is 0 Å². The molecule has 0 bridgehead atoms. The van der Waals surface area contributed by atoms with Crippen LogP contribution in [0.1, 0.15) is 46.0 Å². The smallest absolute Gasteiger partial charge is 0.326 e. The van der Waals surface area contributed by atoms with E-state index in [4.69, 9.17) is 22.3 Å². The number of primary amides is 2. The molecule has 5 atom stereocenters. The Kier molecular flexibility index (Phi) is 12.8. The van der Waals surface area contributed by atoms with Gasteiger partial charge < -0.3 is 43.4 Å². The zero-order valence-electron chi connectivity index (χ0n) is 18.9. The SMILES string of the molecule is CCC(C)C(NC(=O)C(N)CC(N)=O)C(=O)NC(CC(=O)O)C(=O)NC(CCC(N)=O)C(=O)O. The Labute approximate surface area is 195 Å². The molecule has 0 aromatic carbocycles. The average Bonchev–Trinajstić information content (AvgIpc) is 2.72. The number of rotatable bonds is 16. The van der Waals surface area contributed by atoms with Gasteiger partial charge in [-0.2, -0.15) is 0 Å². The zero-order valence-corrected chi connectivity index (χ0v) is 18.9. The molecule has 0 heterocycles. The Hall–Kier alpha value is -3.75. The molecule has 0 saturated heterocycles. The average molecular weight is 488 g/mol. The minimum atomic E-state index is -1.71. The minimum Gasteiger partial charge on any atom is -0.481 e. The summed E-state index contributed by atoms with van der Waals surface area (Å²) in [6, 6.07) is -5.87. The molecule has 0 aliphatic heterocycles. The Morgan fingerprint density at radius 1 is 0.794 bits per heavy atom. The number of nitrogens with one attached hydrogen (secondary N) is 3. The van der Waals surface area contributed by atoms with E-state index in [-0.39, 0.29) is 12.8 Å². The van der Waals surface area contributed by atoms with E-state index in [1.54, 1.807) is 13.8 Å². The van der Waals surface area contributed by atoms with Gasteiger partial charge in [0.2, 0.25) is 29.5 Å². The van der Waals surface area contributed by atoms with Crippen LogP contribution in [0.15, 0.2) is 0 Å². The van der Waals surface area contributed by atoms with Gasteiger partial charge in [0.1, 0.15) is 18.1 Å². The molecule has 0 fully saturated rings. The highest BCUT2D eigenvalue weighted by molar-refractivity contribution is 5.96. The molecular formula is C19H32N6O9. The van der Waals surface area contributed by atoms with Gasteiger partial charge in [-0.3, -0.25) is 28.8 Å². The lowest BCUT2D eigenvalue weighted by Gasteiger charge is -2.27. The van der Waals surface area contributed by atoms with E-state index in [1.165, 1.54) is 0 Å². The van der Waals surface area contributed by atoms with Crippen LogP contribution in [0.5, 0.6) is 0 Å². The third-order valence-electron chi connectivity index (χ3n) is 4.86. The lowest BCUT2D eigenvalue weighted by molar-refractivity contribution is -0.144. The van der Waals surface area contributed by atoms with E-state index in [9.17, 15) is 38.7 Å². The van der Waals surface area contributed by atoms with Crippen LogP contribution in [0, 0.1) is 5.92 Å². The summed E-state index contributed by atoms with van der Waals surface area (Å²) in [6.45, 7) is 3.30. The largest absolute Gasteiger partial charge is 0.481 e. The van der Waals surface area contributed by atoms with Gasteiger partial charge in [-0.1, -0.05) is 20.3 Å². The monoisotopic (exact) mass is 488 g/mol. The highest BCUT2D eigenvalue weighted by Gasteiger charge is 2.33. The maximum Gasteiger partial charge on any atom is 0.326 e. The van der Waals surface area contributed by atoms with Gasteiger partial charge >= 0.3 is 11.9 Å². The predicted octanol–water partition coefficient (Wildman–Crippen LogP) is -3.49. The first kappa shape index (κ1) is 30.2. The van der Waals surface area contributed by atoms with Crippen molar-refractivity contribution >= 4 is 41.5 Å². The zero-order chi connectivity index (χ0) is 26.6. The van der Waals surface area contributed by atoms with Crippen LogP contribution in [0.4, 0.5) is 0 Å². The molecule has 0 rings (SSSR count). The number of carboxylic acid groups (broad SMARTS) is 2. The molecule has 192 valence electrons. The molecule has 0 saturated carbocycles. The molecule has 0 aliphatic rings. The van der Waals surface area contributed by atoms with Crippen molar-refractivity contribution in [2.24, 2.45) is 23.1 Å². The molecule has 5 amide bonds. The van der Waals surface area contributed by atoms with Gasteiger partial charge in [0.25, 0.3) is 0 Å². The lowest BCUT2D eigenvalue weighted by atomic mass is 9.97. The Balaban J connectivity index is 5.59. The fourth-order valence-corrected chi connectivity index (χ4v) is 2.73. The topological polar surface area (TPSA) is 274 Å². The summed E-state index contributed by atoms with van der Waals surface area (Å²) in [4.78, 5) is 82.1. The first-order valence-electron chi connectivity index (χ1n) is 10.4. The van der Waals surface area contributed by atoms with Gasteiger partial charge in [-0.05, 0) is 12.3 Å². The van der Waals surface area contributed by atoms with E-state index in [1.807, 2.05) is 0 Å². The Bertz CT molecular complexity index is 803. The quantitative estimate of drug-likeness (QED) is 0.106. The second kappa shape index (κ2) is 14.4. The number of nitrogens with two attached hydrogens (primary N) is 3. The fourth-order valence-electron chi connectivity index (χ4n) is 2.73. The van der Waals surface area contributed by atoms with Crippen molar-refractivity contribution in [1.82, 2.24) is 16.0 Å². The van der Waals surface area contributed by atoms with Gasteiger partial charge in [-0.15, -0.1) is 0 Å². The van der Waals surface area contributed by atoms with Gasteiger partial charge in [-0.25, -0.2) is 4.79 Å². The van der Waals surface area contributed by atoms with E-state index in [0.717, 1.165) is 0 Å². The number of carbonyl (C=O) groups excluding carboxylic acids is 5. The van der Waals surface area contributed by atoms with E-state index in [2.05, 4.69) is 16.0 Å². The van der Waals surface area contributed by atoms with Gasteiger partial charge in [0.15, 0.2) is 0 Å². The maximum absolute atomic E-state index is 12.8. The van der Waals surface area contributed by atoms with Gasteiger partial charge in [0.05, 0.1) is 18.9 Å². The lowest BCUT2D eigenvalue weighted by Crippen LogP contribution is -2.59. The van der Waals surface area contributed by atoms with Crippen LogP contribution in [0.25, 0.3) is 0 Å². The second-order valence-electron chi connectivity index (χ2n) is 7.71. The summed E-state index contributed by atoms with van der Waals surface area (Å²) < 4.78 is 0. The number of hydrogen-bond donors (Lipinski definition) is 8. The molecular weight excluding hydrogens is 456 g/mol. The number of carbonyl (C=O) groups is 7. The van der Waals surface area contributed by atoms with Crippen molar-refractivity contribution in [3.8, 4) is 0 Å². The summed E-state index contributed by atoms with van der Waals surface area (Å²) in [5.41, 5.74) is 15.6. The molecule has 0 spiro atoms. The number of amides is 5. The Morgan fingerprint density at radius 3 is 1.79 bits per heavy atom. The van der Waals surface area contributed by atoms with Crippen LogP contribution in [0.3, 0.4) is 0 Å². The molecule has 0 aromatic rings. The predicted molar refractivity (Wildman–Crippen MR) is 115 cm³/mol. The highest BCUT2D eigenvalue weighted by atomic mass is 16.4. The van der Waals surface area contributed by atoms with Gasteiger partial charge in [0, 0.05) is 6.42 Å². The third kappa shape index (κ3) is 11.2. The summed E-state index contributed by atoms with van der Waals surface area (Å²) in [5, 5.41) is 25.0. The number of hydrogen-bond acceptors (Lipinski definition) is 8. The van der Waals surface area contributed by atoms with Crippen LogP contribution in [0.2, 0.25) is 0 Å². The molecule has 5 unspecified atom stereocenters. The summed E-state index contributed by atoms with van der Waals surface area (Å²) in [6.07, 6.45) is -1.71. The van der Waals surface area contributed by atoms with E-state index < -0.39 is 84.4 Å². The van der Waals surface area contributed by atoms with E-state index >= 15 is 0 Å². The van der Waals surface area contributed by atoms with Crippen molar-refractivity contribution in [3.63, 3.8) is 0 Å². The minimum absolute atomic E-state index is 0.354. The summed E-state index contributed by atoms with van der Waals surface area (Å²) in [5.74, 6) is -8.05. The molecule has 0 aromatic heterocycles. The standard InChI is InChI=1S/C19H32N6O9/c1-3-8(2)15(25-16(30)9(20)6-13(22)27)18(32)24-11(7-14(28)29)17(31)23-10(19(33)34)4-5-12(21)26/h8-11,15H,3-7,20H2,1-2H3,(H2,21,26)(H2,22,27)(H,23,31)(H,24,32)(H,25,30)(H,28,29)(H,33,34). The maximum atomic E-state index is 12.8. The summed E-state index contributed by atoms with van der Waals surface area (Å²) >= 11 is 0. The van der Waals surface area contributed by atoms with Crippen molar-refractivity contribution in [2.45, 2.75) is 70.1 Å².